The summed E-state index contributed by atoms with van der Waals surface area (Å²) >= 11 is 3.49. The van der Waals surface area contributed by atoms with Gasteiger partial charge in [-0.3, -0.25) is 0 Å². The number of ether oxygens (including phenoxy) is 2. The molecule has 0 heterocycles. The molecule has 0 saturated heterocycles. The molecule has 0 aliphatic heterocycles. The second kappa shape index (κ2) is 6.89. The molecule has 1 rings (SSSR count). The quantitative estimate of drug-likeness (QED) is 0.874. The van der Waals surface area contributed by atoms with Crippen molar-refractivity contribution in [2.24, 2.45) is 5.73 Å². The van der Waals surface area contributed by atoms with Crippen LogP contribution in [-0.2, 0) is 11.2 Å². The molecule has 4 heteroatoms. The largest absolute Gasteiger partial charge is 0.487 e. The van der Waals surface area contributed by atoms with Gasteiger partial charge in [-0.2, -0.15) is 0 Å². The number of halogens is 1. The highest BCUT2D eigenvalue weighted by Gasteiger charge is 2.11. The Morgan fingerprint density at radius 2 is 2.19 bits per heavy atom. The first-order valence-corrected chi connectivity index (χ1v) is 6.11. The van der Waals surface area contributed by atoms with Gasteiger partial charge in [-0.05, 0) is 47.4 Å². The maximum atomic E-state index is 5.84. The lowest BCUT2D eigenvalue weighted by atomic mass is 10.1. The monoisotopic (exact) mass is 287 g/mol. The van der Waals surface area contributed by atoms with Crippen LogP contribution >= 0.6 is 15.9 Å². The Hall–Kier alpha value is -0.580. The molecule has 0 aromatic heterocycles. The van der Waals surface area contributed by atoms with Crippen LogP contribution in [0.5, 0.6) is 5.75 Å². The molecule has 0 saturated carbocycles. The zero-order valence-corrected chi connectivity index (χ0v) is 11.3. The van der Waals surface area contributed by atoms with Crippen LogP contribution in [0, 0.1) is 0 Å². The predicted molar refractivity (Wildman–Crippen MR) is 68.9 cm³/mol. The molecule has 16 heavy (non-hydrogen) atoms. The first-order chi connectivity index (χ1) is 7.69. The third kappa shape index (κ3) is 3.77. The number of hydrogen-bond donors (Lipinski definition) is 1. The number of nitrogens with two attached hydrogens (primary N) is 1. The van der Waals surface area contributed by atoms with Crippen molar-refractivity contribution in [3.05, 3.63) is 28.2 Å². The van der Waals surface area contributed by atoms with E-state index in [2.05, 4.69) is 15.9 Å². The third-order valence-electron chi connectivity index (χ3n) is 2.18. The lowest BCUT2D eigenvalue weighted by Crippen LogP contribution is -2.19. The predicted octanol–water partition coefficient (Wildman–Crippen LogP) is 2.36. The molecule has 1 atom stereocenters. The van der Waals surface area contributed by atoms with Gasteiger partial charge in [0.1, 0.15) is 11.9 Å². The van der Waals surface area contributed by atoms with Gasteiger partial charge in [-0.15, -0.1) is 0 Å². The second-order valence-corrected chi connectivity index (χ2v) is 4.50. The van der Waals surface area contributed by atoms with Crippen molar-refractivity contribution in [3.8, 4) is 5.75 Å². The van der Waals surface area contributed by atoms with Crippen LogP contribution in [0.25, 0.3) is 0 Å². The normalized spacial score (nSPS) is 12.5. The molecular formula is C12H18BrNO2. The molecule has 0 aliphatic carbocycles. The van der Waals surface area contributed by atoms with Gasteiger partial charge >= 0.3 is 0 Å². The van der Waals surface area contributed by atoms with Crippen LogP contribution in [0.15, 0.2) is 22.7 Å². The van der Waals surface area contributed by atoms with Crippen LogP contribution in [0.1, 0.15) is 12.5 Å². The molecule has 2 N–H and O–H groups in total. The summed E-state index contributed by atoms with van der Waals surface area (Å²) in [4.78, 5) is 0. The Bertz CT molecular complexity index is 331. The minimum absolute atomic E-state index is 0.0280. The number of methoxy groups -OCH3 is 1. The molecule has 0 bridgehead atoms. The maximum absolute atomic E-state index is 5.84. The molecule has 90 valence electrons. The van der Waals surface area contributed by atoms with Gasteiger partial charge < -0.3 is 15.2 Å². The Morgan fingerprint density at radius 1 is 1.44 bits per heavy atom. The van der Waals surface area contributed by atoms with Crippen molar-refractivity contribution in [2.75, 3.05) is 20.3 Å². The van der Waals surface area contributed by atoms with E-state index in [1.807, 2.05) is 25.1 Å². The summed E-state index contributed by atoms with van der Waals surface area (Å²) in [6.07, 6.45) is 0.842. The summed E-state index contributed by atoms with van der Waals surface area (Å²) in [6.45, 7) is 3.17. The molecule has 0 radical (unpaired) electrons. The summed E-state index contributed by atoms with van der Waals surface area (Å²) in [5.74, 6) is 0.873. The molecule has 1 aromatic rings. The molecule has 1 unspecified atom stereocenters. The minimum Gasteiger partial charge on any atom is -0.487 e. The van der Waals surface area contributed by atoms with Crippen molar-refractivity contribution in [1.82, 2.24) is 0 Å². The van der Waals surface area contributed by atoms with Crippen LogP contribution in [0.4, 0.5) is 0 Å². The Balaban J connectivity index is 2.83. The average molecular weight is 288 g/mol. The third-order valence-corrected chi connectivity index (χ3v) is 2.81. The van der Waals surface area contributed by atoms with E-state index in [0.717, 1.165) is 22.2 Å². The fourth-order valence-electron chi connectivity index (χ4n) is 1.51. The molecule has 1 aromatic carbocycles. The van der Waals surface area contributed by atoms with E-state index in [4.69, 9.17) is 15.2 Å². The van der Waals surface area contributed by atoms with Crippen molar-refractivity contribution in [3.63, 3.8) is 0 Å². The van der Waals surface area contributed by atoms with E-state index < -0.39 is 0 Å². The van der Waals surface area contributed by atoms with Crippen molar-refractivity contribution >= 4 is 15.9 Å². The minimum atomic E-state index is 0.0280. The molecule has 0 aliphatic rings. The Labute approximate surface area is 105 Å². The molecule has 0 amide bonds. The number of para-hydroxylation sites is 1. The van der Waals surface area contributed by atoms with E-state index in [0.29, 0.717) is 13.2 Å². The van der Waals surface area contributed by atoms with Crippen molar-refractivity contribution in [2.45, 2.75) is 19.4 Å². The highest BCUT2D eigenvalue weighted by molar-refractivity contribution is 9.10. The summed E-state index contributed by atoms with van der Waals surface area (Å²) in [5.41, 5.74) is 6.70. The van der Waals surface area contributed by atoms with Crippen molar-refractivity contribution in [1.29, 1.82) is 0 Å². The first-order valence-electron chi connectivity index (χ1n) is 5.32. The van der Waals surface area contributed by atoms with E-state index >= 15 is 0 Å². The van der Waals surface area contributed by atoms with Crippen LogP contribution in [0.3, 0.4) is 0 Å². The lowest BCUT2D eigenvalue weighted by Gasteiger charge is -2.18. The smallest absolute Gasteiger partial charge is 0.137 e. The molecular weight excluding hydrogens is 270 g/mol. The highest BCUT2D eigenvalue weighted by atomic mass is 79.9. The molecule has 0 fully saturated rings. The summed E-state index contributed by atoms with van der Waals surface area (Å²) in [5, 5.41) is 0. The zero-order valence-electron chi connectivity index (χ0n) is 9.70. The van der Waals surface area contributed by atoms with Crippen molar-refractivity contribution < 1.29 is 9.47 Å². The van der Waals surface area contributed by atoms with Gasteiger partial charge in [-0.25, -0.2) is 0 Å². The van der Waals surface area contributed by atoms with E-state index in [1.165, 1.54) is 0 Å². The SMILES string of the molecule is COCC(C)Oc1c(Br)cccc1CCN. The second-order valence-electron chi connectivity index (χ2n) is 3.65. The number of benzene rings is 1. The van der Waals surface area contributed by atoms with Gasteiger partial charge in [0.2, 0.25) is 0 Å². The zero-order chi connectivity index (χ0) is 12.0. The lowest BCUT2D eigenvalue weighted by molar-refractivity contribution is 0.0909. The molecule has 0 spiro atoms. The average Bonchev–Trinajstić information content (AvgIpc) is 2.24. The Morgan fingerprint density at radius 3 is 2.81 bits per heavy atom. The van der Waals surface area contributed by atoms with Gasteiger partial charge in [0.05, 0.1) is 11.1 Å². The van der Waals surface area contributed by atoms with Gasteiger partial charge in [-0.1, -0.05) is 12.1 Å². The first kappa shape index (κ1) is 13.5. The Kier molecular flexibility index (Phi) is 5.80. The van der Waals surface area contributed by atoms with E-state index in [-0.39, 0.29) is 6.10 Å². The van der Waals surface area contributed by atoms with Crippen LogP contribution in [-0.4, -0.2) is 26.4 Å². The number of hydrogen-bond acceptors (Lipinski definition) is 3. The maximum Gasteiger partial charge on any atom is 0.137 e. The van der Waals surface area contributed by atoms with Gasteiger partial charge in [0.15, 0.2) is 0 Å². The standard InChI is InChI=1S/C12H18BrNO2/c1-9(8-15-2)16-12-10(6-7-14)4-3-5-11(12)13/h3-5,9H,6-8,14H2,1-2H3. The fraction of sp³-hybridized carbons (Fsp3) is 0.500. The van der Waals surface area contributed by atoms with E-state index in [9.17, 15) is 0 Å². The molecule has 3 nitrogen and oxygen atoms in total. The highest BCUT2D eigenvalue weighted by Crippen LogP contribution is 2.30. The number of rotatable bonds is 6. The summed E-state index contributed by atoms with van der Waals surface area (Å²) in [6, 6.07) is 5.99. The van der Waals surface area contributed by atoms with E-state index in [1.54, 1.807) is 7.11 Å². The summed E-state index contributed by atoms with van der Waals surface area (Å²) < 4.78 is 11.9. The topological polar surface area (TPSA) is 44.5 Å². The van der Waals surface area contributed by atoms with Crippen LogP contribution < -0.4 is 10.5 Å². The van der Waals surface area contributed by atoms with Crippen LogP contribution in [0.2, 0.25) is 0 Å². The fourth-order valence-corrected chi connectivity index (χ4v) is 2.01. The van der Waals surface area contributed by atoms with Gasteiger partial charge in [0.25, 0.3) is 0 Å². The summed E-state index contributed by atoms with van der Waals surface area (Å²) in [7, 11) is 1.67. The van der Waals surface area contributed by atoms with Gasteiger partial charge in [0, 0.05) is 7.11 Å².